The van der Waals surface area contributed by atoms with Crippen LogP contribution < -0.4 is 0 Å². The molecule has 0 aliphatic carbocycles. The Balaban J connectivity index is 2.25. The monoisotopic (exact) mass is 268 g/mol. The average Bonchev–Trinajstić information content (AvgIpc) is 2.50. The lowest BCUT2D eigenvalue weighted by Crippen LogP contribution is -2.18. The van der Waals surface area contributed by atoms with Crippen LogP contribution in [0.2, 0.25) is 0 Å². The molecule has 0 bridgehead atoms. The zero-order chi connectivity index (χ0) is 14.5. The van der Waals surface area contributed by atoms with Gasteiger partial charge in [-0.25, -0.2) is 4.39 Å². The Bertz CT molecular complexity index is 587. The Morgan fingerprint density at radius 1 is 1.10 bits per heavy atom. The van der Waals surface area contributed by atoms with Crippen LogP contribution in [0.25, 0.3) is 0 Å². The molecule has 0 aliphatic heterocycles. The van der Waals surface area contributed by atoms with Crippen LogP contribution in [0.4, 0.5) is 4.39 Å². The van der Waals surface area contributed by atoms with Crippen molar-refractivity contribution in [3.05, 3.63) is 84.2 Å². The topological polar surface area (TPSA) is 17.1 Å². The van der Waals surface area contributed by atoms with Crippen molar-refractivity contribution >= 4 is 5.78 Å². The van der Waals surface area contributed by atoms with Crippen LogP contribution >= 0.6 is 0 Å². The summed E-state index contributed by atoms with van der Waals surface area (Å²) in [7, 11) is 0. The third-order valence-corrected chi connectivity index (χ3v) is 3.52. The molecule has 102 valence electrons. The van der Waals surface area contributed by atoms with Crippen molar-refractivity contribution in [2.24, 2.45) is 5.92 Å². The quantitative estimate of drug-likeness (QED) is 0.571. The second kappa shape index (κ2) is 6.29. The lowest BCUT2D eigenvalue weighted by Gasteiger charge is -2.20. The Kier molecular flexibility index (Phi) is 4.46. The molecule has 0 saturated heterocycles. The van der Waals surface area contributed by atoms with Gasteiger partial charge in [0.25, 0.3) is 0 Å². The van der Waals surface area contributed by atoms with E-state index in [0.717, 1.165) is 5.56 Å². The van der Waals surface area contributed by atoms with Crippen LogP contribution in [0.1, 0.15) is 28.8 Å². The summed E-state index contributed by atoms with van der Waals surface area (Å²) in [5, 5.41) is 0. The van der Waals surface area contributed by atoms with Crippen molar-refractivity contribution in [2.75, 3.05) is 0 Å². The van der Waals surface area contributed by atoms with Crippen LogP contribution in [0.3, 0.4) is 0 Å². The summed E-state index contributed by atoms with van der Waals surface area (Å²) in [6.45, 7) is 5.69. The molecule has 2 aromatic rings. The van der Waals surface area contributed by atoms with E-state index in [1.165, 1.54) is 12.1 Å². The molecule has 0 aliphatic rings. The van der Waals surface area contributed by atoms with Crippen molar-refractivity contribution in [2.45, 2.75) is 12.8 Å². The SMILES string of the molecule is C=C[C@H](c1ccc(F)cc1)[C@H](C)C(=O)c1ccccc1. The molecular weight excluding hydrogens is 251 g/mol. The number of benzene rings is 2. The number of allylic oxidation sites excluding steroid dienone is 1. The first-order valence-corrected chi connectivity index (χ1v) is 6.60. The number of hydrogen-bond donors (Lipinski definition) is 0. The maximum Gasteiger partial charge on any atom is 0.166 e. The highest BCUT2D eigenvalue weighted by Gasteiger charge is 2.23. The fourth-order valence-corrected chi connectivity index (χ4v) is 2.34. The Morgan fingerprint density at radius 3 is 2.25 bits per heavy atom. The number of halogens is 1. The molecule has 20 heavy (non-hydrogen) atoms. The first-order chi connectivity index (χ1) is 9.63. The highest BCUT2D eigenvalue weighted by molar-refractivity contribution is 5.98. The van der Waals surface area contributed by atoms with Gasteiger partial charge >= 0.3 is 0 Å². The number of rotatable bonds is 5. The van der Waals surface area contributed by atoms with Crippen LogP contribution in [0.15, 0.2) is 67.3 Å². The van der Waals surface area contributed by atoms with Crippen LogP contribution in [0, 0.1) is 11.7 Å². The first-order valence-electron chi connectivity index (χ1n) is 6.60. The van der Waals surface area contributed by atoms with Crippen LogP contribution in [-0.2, 0) is 0 Å². The minimum atomic E-state index is -0.279. The molecule has 1 nitrogen and oxygen atoms in total. The smallest absolute Gasteiger partial charge is 0.166 e. The summed E-state index contributed by atoms with van der Waals surface area (Å²) >= 11 is 0. The van der Waals surface area contributed by atoms with Gasteiger partial charge in [-0.1, -0.05) is 55.5 Å². The van der Waals surface area contributed by atoms with Gasteiger partial charge in [-0.05, 0) is 17.7 Å². The molecule has 0 unspecified atom stereocenters. The van der Waals surface area contributed by atoms with Gasteiger partial charge < -0.3 is 0 Å². The number of ketones is 1. The van der Waals surface area contributed by atoms with Gasteiger partial charge in [0.1, 0.15) is 5.82 Å². The number of carbonyl (C=O) groups is 1. The minimum Gasteiger partial charge on any atom is -0.294 e. The zero-order valence-electron chi connectivity index (χ0n) is 11.4. The number of carbonyl (C=O) groups excluding carboxylic acids is 1. The van der Waals surface area contributed by atoms with Gasteiger partial charge in [-0.2, -0.15) is 0 Å². The average molecular weight is 268 g/mol. The van der Waals surface area contributed by atoms with Crippen LogP contribution in [-0.4, -0.2) is 5.78 Å². The molecule has 0 spiro atoms. The third-order valence-electron chi connectivity index (χ3n) is 3.52. The lowest BCUT2D eigenvalue weighted by molar-refractivity contribution is 0.0921. The predicted octanol–water partition coefficient (Wildman–Crippen LogP) is 4.61. The van der Waals surface area contributed by atoms with Crippen molar-refractivity contribution in [1.29, 1.82) is 0 Å². The van der Waals surface area contributed by atoms with Gasteiger partial charge in [-0.15, -0.1) is 6.58 Å². The van der Waals surface area contributed by atoms with Crippen molar-refractivity contribution in [1.82, 2.24) is 0 Å². The van der Waals surface area contributed by atoms with E-state index in [1.54, 1.807) is 18.2 Å². The summed E-state index contributed by atoms with van der Waals surface area (Å²) in [4.78, 5) is 12.5. The van der Waals surface area contributed by atoms with E-state index < -0.39 is 0 Å². The lowest BCUT2D eigenvalue weighted by atomic mass is 9.82. The minimum absolute atomic E-state index is 0.0693. The fourth-order valence-electron chi connectivity index (χ4n) is 2.34. The third kappa shape index (κ3) is 3.02. The van der Waals surface area contributed by atoms with Gasteiger partial charge in [0.2, 0.25) is 0 Å². The molecule has 0 radical (unpaired) electrons. The molecule has 0 fully saturated rings. The molecule has 2 aromatic carbocycles. The Labute approximate surface area is 118 Å². The molecule has 0 saturated carbocycles. The van der Waals surface area contributed by atoms with E-state index in [4.69, 9.17) is 0 Å². The van der Waals surface area contributed by atoms with E-state index in [-0.39, 0.29) is 23.4 Å². The molecule has 0 heterocycles. The molecule has 0 N–H and O–H groups in total. The first kappa shape index (κ1) is 14.2. The van der Waals surface area contributed by atoms with Gasteiger partial charge in [0.15, 0.2) is 5.78 Å². The predicted molar refractivity (Wildman–Crippen MR) is 79.3 cm³/mol. The van der Waals surface area contributed by atoms with Crippen LogP contribution in [0.5, 0.6) is 0 Å². The maximum absolute atomic E-state index is 13.0. The highest BCUT2D eigenvalue weighted by Crippen LogP contribution is 2.28. The Morgan fingerprint density at radius 2 is 1.70 bits per heavy atom. The molecular formula is C18H17FO. The van der Waals surface area contributed by atoms with E-state index in [9.17, 15) is 9.18 Å². The second-order valence-corrected chi connectivity index (χ2v) is 4.83. The van der Waals surface area contributed by atoms with E-state index in [1.807, 2.05) is 37.3 Å². The largest absolute Gasteiger partial charge is 0.294 e. The van der Waals surface area contributed by atoms with Gasteiger partial charge in [-0.3, -0.25) is 4.79 Å². The van der Waals surface area contributed by atoms with Crippen molar-refractivity contribution in [3.63, 3.8) is 0 Å². The second-order valence-electron chi connectivity index (χ2n) is 4.83. The van der Waals surface area contributed by atoms with Gasteiger partial charge in [0, 0.05) is 17.4 Å². The highest BCUT2D eigenvalue weighted by atomic mass is 19.1. The van der Waals surface area contributed by atoms with Gasteiger partial charge in [0.05, 0.1) is 0 Å². The Hall–Kier alpha value is -2.22. The molecule has 0 amide bonds. The number of hydrogen-bond acceptors (Lipinski definition) is 1. The molecule has 0 aromatic heterocycles. The van der Waals surface area contributed by atoms with E-state index in [2.05, 4.69) is 6.58 Å². The normalized spacial score (nSPS) is 13.5. The molecule has 2 atom stereocenters. The van der Waals surface area contributed by atoms with Crippen molar-refractivity contribution < 1.29 is 9.18 Å². The molecule has 2 heteroatoms. The summed E-state index contributed by atoms with van der Waals surface area (Å²) in [6, 6.07) is 15.4. The zero-order valence-corrected chi connectivity index (χ0v) is 11.4. The number of Topliss-reactive ketones (excluding diaryl/α,β-unsaturated/α-hetero) is 1. The summed E-state index contributed by atoms with van der Waals surface area (Å²) < 4.78 is 13.0. The molecule has 2 rings (SSSR count). The summed E-state index contributed by atoms with van der Waals surface area (Å²) in [5.74, 6) is -0.568. The summed E-state index contributed by atoms with van der Waals surface area (Å²) in [5.41, 5.74) is 1.59. The maximum atomic E-state index is 13.0. The fraction of sp³-hybridized carbons (Fsp3) is 0.167. The summed E-state index contributed by atoms with van der Waals surface area (Å²) in [6.07, 6.45) is 1.75. The van der Waals surface area contributed by atoms with E-state index >= 15 is 0 Å². The van der Waals surface area contributed by atoms with Crippen molar-refractivity contribution in [3.8, 4) is 0 Å². The van der Waals surface area contributed by atoms with E-state index in [0.29, 0.717) is 5.56 Å². The standard InChI is InChI=1S/C18H17FO/c1-3-17(14-9-11-16(19)12-10-14)13(2)18(20)15-7-5-4-6-8-15/h3-13,17H,1H2,2H3/t13-,17-/m0/s1.